The monoisotopic (exact) mass is 663 g/mol. The Bertz CT molecular complexity index is 1840. The van der Waals surface area contributed by atoms with Crippen molar-refractivity contribution >= 4 is 22.5 Å². The molecule has 252 valence electrons. The van der Waals surface area contributed by atoms with Crippen LogP contribution in [0.3, 0.4) is 0 Å². The van der Waals surface area contributed by atoms with E-state index in [0.29, 0.717) is 17.9 Å². The van der Waals surface area contributed by atoms with Crippen molar-refractivity contribution in [3.05, 3.63) is 57.8 Å². The third-order valence-electron chi connectivity index (χ3n) is 15.2. The molecule has 4 aliphatic heterocycles. The van der Waals surface area contributed by atoms with Gasteiger partial charge in [-0.3, -0.25) is 0 Å². The summed E-state index contributed by atoms with van der Waals surface area (Å²) in [4.78, 5) is 3.90. The standard InChI is InChI=1S/C38H46ClNO7/c1-16(2)29-28(41)31-38(45-31)22-9-12-36(43-8)35(7,34(22,6)11-10-24(38)44-29)30-26-25-21(40-30)15-20(39)18-13-17(3)19-14-23(37(19,42)27(18)25)33(4,5)46-32(26)47-36/h15,19,22-24,28-29,31-32,40-42H,1,3,9-14H2,2,4-8H3/t19-,22?,23-,24?,28+,29-,31-,32+,34+,35-,36+,37-,38+/m1/s1. The molecule has 2 unspecified atom stereocenters. The Balaban J connectivity index is 1.22. The molecule has 0 radical (unpaired) electrons. The lowest BCUT2D eigenvalue weighted by molar-refractivity contribution is -0.399. The van der Waals surface area contributed by atoms with Crippen molar-refractivity contribution in [1.29, 1.82) is 0 Å². The van der Waals surface area contributed by atoms with E-state index < -0.39 is 46.5 Å². The summed E-state index contributed by atoms with van der Waals surface area (Å²) in [5.74, 6) is -1.15. The molecule has 5 fully saturated rings. The number of rotatable bonds is 2. The Morgan fingerprint density at radius 1 is 1.11 bits per heavy atom. The van der Waals surface area contributed by atoms with E-state index >= 15 is 0 Å². The molecule has 1 aromatic carbocycles. The molecule has 9 heteroatoms. The van der Waals surface area contributed by atoms with E-state index in [9.17, 15) is 10.2 Å². The number of methoxy groups -OCH3 is 1. The van der Waals surface area contributed by atoms with Crippen LogP contribution in [0.1, 0.15) is 95.4 Å². The molecular weight excluding hydrogens is 618 g/mol. The average molecular weight is 664 g/mol. The second-order valence-corrected chi connectivity index (χ2v) is 17.5. The zero-order valence-corrected chi connectivity index (χ0v) is 28.9. The van der Waals surface area contributed by atoms with Crippen molar-refractivity contribution < 1.29 is 33.9 Å². The Hall–Kier alpha value is -1.75. The number of aliphatic hydroxyl groups excluding tert-OH is 1. The summed E-state index contributed by atoms with van der Waals surface area (Å²) in [6.07, 6.45) is 2.16. The van der Waals surface area contributed by atoms with E-state index in [-0.39, 0.29) is 35.4 Å². The van der Waals surface area contributed by atoms with Crippen LogP contribution >= 0.6 is 11.6 Å². The van der Waals surface area contributed by atoms with Gasteiger partial charge in [-0.25, -0.2) is 0 Å². The Morgan fingerprint density at radius 3 is 2.60 bits per heavy atom. The van der Waals surface area contributed by atoms with Crippen molar-refractivity contribution in [2.75, 3.05) is 7.11 Å². The molecule has 0 bridgehead atoms. The third kappa shape index (κ3) is 3.00. The van der Waals surface area contributed by atoms with Gasteiger partial charge in [-0.2, -0.15) is 0 Å². The van der Waals surface area contributed by atoms with Crippen molar-refractivity contribution in [3.8, 4) is 0 Å². The third-order valence-corrected chi connectivity index (χ3v) is 15.5. The first-order valence-electron chi connectivity index (χ1n) is 17.5. The predicted molar refractivity (Wildman–Crippen MR) is 175 cm³/mol. The van der Waals surface area contributed by atoms with Crippen molar-refractivity contribution in [2.24, 2.45) is 23.2 Å². The smallest absolute Gasteiger partial charge is 0.190 e. The highest BCUT2D eigenvalue weighted by molar-refractivity contribution is 6.32. The van der Waals surface area contributed by atoms with Gasteiger partial charge >= 0.3 is 0 Å². The highest BCUT2D eigenvalue weighted by Gasteiger charge is 2.82. The molecule has 4 aliphatic carbocycles. The molecule has 8 nitrogen and oxygen atoms in total. The van der Waals surface area contributed by atoms with E-state index in [2.05, 4.69) is 45.8 Å². The van der Waals surface area contributed by atoms with Crippen LogP contribution in [0.4, 0.5) is 0 Å². The first-order chi connectivity index (χ1) is 22.1. The van der Waals surface area contributed by atoms with Gasteiger partial charge in [-0.15, -0.1) is 0 Å². The molecule has 5 heterocycles. The highest BCUT2D eigenvalue weighted by atomic mass is 35.5. The minimum atomic E-state index is -1.14. The van der Waals surface area contributed by atoms with Crippen LogP contribution in [-0.2, 0) is 41.1 Å². The average Bonchev–Trinajstić information content (AvgIpc) is 3.62. The van der Waals surface area contributed by atoms with Gasteiger partial charge in [0.1, 0.15) is 29.5 Å². The number of hydrogen-bond acceptors (Lipinski definition) is 7. The van der Waals surface area contributed by atoms with E-state index in [1.165, 1.54) is 0 Å². The maximum absolute atomic E-state index is 12.9. The summed E-state index contributed by atoms with van der Waals surface area (Å²) < 4.78 is 34.3. The van der Waals surface area contributed by atoms with E-state index in [4.69, 9.17) is 35.3 Å². The Morgan fingerprint density at radius 2 is 1.87 bits per heavy atom. The predicted octanol–water partition coefficient (Wildman–Crippen LogP) is 6.25. The second kappa shape index (κ2) is 8.57. The van der Waals surface area contributed by atoms with Crippen LogP contribution in [0.5, 0.6) is 0 Å². The maximum atomic E-state index is 12.9. The molecule has 13 atom stereocenters. The molecule has 1 spiro atoms. The Kier molecular flexibility index (Phi) is 5.49. The Labute approximate surface area is 280 Å². The van der Waals surface area contributed by atoms with E-state index in [1.54, 1.807) is 7.11 Å². The van der Waals surface area contributed by atoms with Gasteiger partial charge in [-0.05, 0) is 93.9 Å². The number of halogens is 1. The number of benzene rings is 1. The summed E-state index contributed by atoms with van der Waals surface area (Å²) in [6.45, 7) is 19.2. The summed E-state index contributed by atoms with van der Waals surface area (Å²) in [5.41, 5.74) is 3.06. The summed E-state index contributed by atoms with van der Waals surface area (Å²) in [7, 11) is 1.76. The lowest BCUT2D eigenvalue weighted by Crippen LogP contribution is -2.74. The van der Waals surface area contributed by atoms with Crippen LogP contribution in [0.25, 0.3) is 10.9 Å². The lowest BCUT2D eigenvalue weighted by Gasteiger charge is -2.68. The molecule has 3 saturated carbocycles. The van der Waals surface area contributed by atoms with Crippen molar-refractivity contribution in [3.63, 3.8) is 0 Å². The minimum Gasteiger partial charge on any atom is -0.387 e. The minimum absolute atomic E-state index is 0.0551. The van der Waals surface area contributed by atoms with Gasteiger partial charge in [0.15, 0.2) is 12.1 Å². The number of nitrogens with one attached hydrogen (secondary N) is 1. The number of H-pyrrole nitrogens is 1. The molecule has 2 aromatic rings. The molecule has 0 amide bonds. The summed E-state index contributed by atoms with van der Waals surface area (Å²) >= 11 is 7.12. The SMILES string of the molecule is C=C(C)[C@H]1OC2CC[C@@]3(C)C(CC[C@]4(OC)O[C@@H]5OC(C)(C)[C@H]6C[C@@H]7C(=C)Cc8c(Cl)cc9[nH]c(c5c9c8[C@@]76O)[C@@]43C)[C@]23O[C@@H]3[C@H]1O. The fourth-order valence-corrected chi connectivity index (χ4v) is 13.0. The first kappa shape index (κ1) is 30.1. The zero-order chi connectivity index (χ0) is 33.0. The van der Waals surface area contributed by atoms with Gasteiger partial charge < -0.3 is 38.9 Å². The molecule has 3 N–H and O–H groups in total. The van der Waals surface area contributed by atoms with Crippen molar-refractivity contribution in [1.82, 2.24) is 4.98 Å². The van der Waals surface area contributed by atoms with Gasteiger partial charge in [0.25, 0.3) is 0 Å². The quantitative estimate of drug-likeness (QED) is 0.258. The number of aromatic nitrogens is 1. The van der Waals surface area contributed by atoms with E-state index in [0.717, 1.165) is 70.1 Å². The molecule has 1 aromatic heterocycles. The van der Waals surface area contributed by atoms with Crippen LogP contribution in [0, 0.1) is 23.2 Å². The number of fused-ring (bicyclic) bond motifs is 4. The largest absolute Gasteiger partial charge is 0.387 e. The number of epoxide rings is 1. The number of aliphatic hydroxyl groups is 2. The second-order valence-electron chi connectivity index (χ2n) is 17.1. The molecule has 2 saturated heterocycles. The zero-order valence-electron chi connectivity index (χ0n) is 28.2. The van der Waals surface area contributed by atoms with Crippen LogP contribution in [0.15, 0.2) is 30.4 Å². The van der Waals surface area contributed by atoms with Crippen LogP contribution < -0.4 is 0 Å². The number of hydrogen-bond donors (Lipinski definition) is 3. The normalized spacial score (nSPS) is 51.0. The van der Waals surface area contributed by atoms with Gasteiger partial charge in [0.2, 0.25) is 0 Å². The van der Waals surface area contributed by atoms with Gasteiger partial charge in [0, 0.05) is 52.5 Å². The topological polar surface area (TPSA) is 106 Å². The van der Waals surface area contributed by atoms with Crippen LogP contribution in [0.2, 0.25) is 5.02 Å². The van der Waals surface area contributed by atoms with Crippen molar-refractivity contribution in [2.45, 2.75) is 132 Å². The molecule has 47 heavy (non-hydrogen) atoms. The fraction of sp³-hybridized carbons (Fsp3) is 0.684. The highest BCUT2D eigenvalue weighted by Crippen LogP contribution is 2.76. The lowest BCUT2D eigenvalue weighted by atomic mass is 9.41. The molecule has 10 rings (SSSR count). The first-order valence-corrected chi connectivity index (χ1v) is 17.8. The van der Waals surface area contributed by atoms with Crippen LogP contribution in [-0.4, -0.2) is 63.7 Å². The summed E-state index contributed by atoms with van der Waals surface area (Å²) in [5, 5.41) is 25.9. The molecule has 8 aliphatic rings. The fourth-order valence-electron chi connectivity index (χ4n) is 12.8. The number of aromatic amines is 1. The van der Waals surface area contributed by atoms with Gasteiger partial charge in [-0.1, -0.05) is 37.3 Å². The maximum Gasteiger partial charge on any atom is 0.190 e. The number of ether oxygens (including phenoxy) is 5. The van der Waals surface area contributed by atoms with E-state index in [1.807, 2.05) is 13.0 Å². The van der Waals surface area contributed by atoms with Gasteiger partial charge in [0.05, 0.1) is 17.1 Å². The summed E-state index contributed by atoms with van der Waals surface area (Å²) in [6, 6.07) is 2.02. The molecular formula is C38H46ClNO7.